The lowest BCUT2D eigenvalue weighted by molar-refractivity contribution is 0.191. The molecule has 0 aliphatic carbocycles. The second-order valence-corrected chi connectivity index (χ2v) is 6.35. The van der Waals surface area contributed by atoms with Gasteiger partial charge in [-0.2, -0.15) is 0 Å². The van der Waals surface area contributed by atoms with Gasteiger partial charge in [-0.1, -0.05) is 11.6 Å². The number of aliphatic imine (C=N–C) groups is 1. The Morgan fingerprint density at radius 1 is 1.48 bits per heavy atom. The third-order valence-corrected chi connectivity index (χ3v) is 4.24. The zero-order valence-corrected chi connectivity index (χ0v) is 16.7. The average molecular weight is 470 g/mol. The molecule has 2 aromatic heterocycles. The molecule has 0 aliphatic heterocycles. The van der Waals surface area contributed by atoms with E-state index in [9.17, 15) is 5.11 Å². The molecule has 2 rings (SSSR count). The molecule has 128 valence electrons. The fraction of sp³-hybridized carbons (Fsp3) is 0.429. The Hall–Kier alpha value is -0.840. The third-order valence-electron chi connectivity index (χ3n) is 2.91. The number of aromatic nitrogens is 2. The maximum absolute atomic E-state index is 10.1. The molecule has 0 saturated heterocycles. The molecular formula is C14H21ClIN5OS. The third kappa shape index (κ3) is 7.06. The number of hydrogen-bond donors (Lipinski definition) is 3. The summed E-state index contributed by atoms with van der Waals surface area (Å²) in [6.45, 7) is 4.58. The lowest BCUT2D eigenvalue weighted by atomic mass is 10.3. The number of thiophene rings is 1. The summed E-state index contributed by atoms with van der Waals surface area (Å²) in [4.78, 5) is 9.22. The largest absolute Gasteiger partial charge is 0.386 e. The number of rotatable bonds is 7. The number of imidazole rings is 1. The highest BCUT2D eigenvalue weighted by atomic mass is 127. The van der Waals surface area contributed by atoms with E-state index in [1.807, 2.05) is 23.8 Å². The first-order valence-corrected chi connectivity index (χ1v) is 8.29. The Kier molecular flexibility index (Phi) is 9.53. The molecule has 0 spiro atoms. The Morgan fingerprint density at radius 3 is 2.91 bits per heavy atom. The van der Waals surface area contributed by atoms with Crippen LogP contribution in [0.5, 0.6) is 0 Å². The Bertz CT molecular complexity index is 590. The highest BCUT2D eigenvalue weighted by molar-refractivity contribution is 14.0. The van der Waals surface area contributed by atoms with Crippen molar-refractivity contribution in [1.29, 1.82) is 0 Å². The van der Waals surface area contributed by atoms with Gasteiger partial charge in [-0.3, -0.25) is 4.99 Å². The van der Waals surface area contributed by atoms with Crippen LogP contribution in [0.15, 0.2) is 35.8 Å². The van der Waals surface area contributed by atoms with Crippen molar-refractivity contribution in [3.8, 4) is 0 Å². The van der Waals surface area contributed by atoms with Gasteiger partial charge in [0.15, 0.2) is 5.96 Å². The van der Waals surface area contributed by atoms with E-state index in [1.165, 1.54) is 11.3 Å². The van der Waals surface area contributed by atoms with Gasteiger partial charge in [-0.15, -0.1) is 35.3 Å². The maximum atomic E-state index is 10.1. The van der Waals surface area contributed by atoms with Crippen LogP contribution < -0.4 is 10.6 Å². The van der Waals surface area contributed by atoms with E-state index in [0.717, 1.165) is 24.5 Å². The van der Waals surface area contributed by atoms with Crippen molar-refractivity contribution in [3.63, 3.8) is 0 Å². The van der Waals surface area contributed by atoms with Gasteiger partial charge in [-0.05, 0) is 19.1 Å². The van der Waals surface area contributed by atoms with Crippen LogP contribution in [0.25, 0.3) is 0 Å². The smallest absolute Gasteiger partial charge is 0.191 e. The zero-order chi connectivity index (χ0) is 15.8. The molecule has 3 N–H and O–H groups in total. The van der Waals surface area contributed by atoms with Gasteiger partial charge in [0, 0.05) is 36.9 Å². The predicted octanol–water partition coefficient (Wildman–Crippen LogP) is 2.50. The monoisotopic (exact) mass is 469 g/mol. The highest BCUT2D eigenvalue weighted by Gasteiger charge is 2.10. The maximum Gasteiger partial charge on any atom is 0.191 e. The summed E-state index contributed by atoms with van der Waals surface area (Å²) in [5, 5.41) is 16.5. The molecule has 23 heavy (non-hydrogen) atoms. The quantitative estimate of drug-likeness (QED) is 0.331. The number of nitrogens with one attached hydrogen (secondary N) is 2. The summed E-state index contributed by atoms with van der Waals surface area (Å²) in [5.74, 6) is 0.685. The fourth-order valence-corrected chi connectivity index (χ4v) is 2.88. The molecule has 2 heterocycles. The number of guanidine groups is 1. The van der Waals surface area contributed by atoms with Gasteiger partial charge in [0.2, 0.25) is 0 Å². The van der Waals surface area contributed by atoms with Gasteiger partial charge in [0.1, 0.15) is 6.10 Å². The van der Waals surface area contributed by atoms with E-state index in [1.54, 1.807) is 18.6 Å². The van der Waals surface area contributed by atoms with Crippen molar-refractivity contribution in [2.45, 2.75) is 19.6 Å². The predicted molar refractivity (Wildman–Crippen MR) is 106 cm³/mol. The van der Waals surface area contributed by atoms with Crippen molar-refractivity contribution >= 4 is 52.9 Å². The van der Waals surface area contributed by atoms with Crippen molar-refractivity contribution in [2.24, 2.45) is 4.99 Å². The first-order valence-electron chi connectivity index (χ1n) is 7.10. The molecule has 1 atom stereocenters. The van der Waals surface area contributed by atoms with Crippen LogP contribution in [0.3, 0.4) is 0 Å². The summed E-state index contributed by atoms with van der Waals surface area (Å²) < 4.78 is 2.65. The molecule has 0 amide bonds. The van der Waals surface area contributed by atoms with Crippen molar-refractivity contribution < 1.29 is 5.11 Å². The second-order valence-electron chi connectivity index (χ2n) is 4.60. The Balaban J connectivity index is 0.00000264. The lowest BCUT2D eigenvalue weighted by Gasteiger charge is -2.12. The lowest BCUT2D eigenvalue weighted by Crippen LogP contribution is -2.39. The van der Waals surface area contributed by atoms with Crippen molar-refractivity contribution in [2.75, 3.05) is 19.6 Å². The van der Waals surface area contributed by atoms with E-state index in [2.05, 4.69) is 20.6 Å². The average Bonchev–Trinajstić information content (AvgIpc) is 3.16. The molecule has 6 nitrogen and oxygen atoms in total. The summed E-state index contributed by atoms with van der Waals surface area (Å²) in [7, 11) is 0. The Morgan fingerprint density at radius 2 is 2.30 bits per heavy atom. The first-order chi connectivity index (χ1) is 10.7. The molecule has 1 unspecified atom stereocenters. The zero-order valence-electron chi connectivity index (χ0n) is 12.8. The summed E-state index contributed by atoms with van der Waals surface area (Å²) in [6, 6.07) is 3.61. The molecule has 0 radical (unpaired) electrons. The molecule has 0 aliphatic rings. The molecule has 0 fully saturated rings. The normalized spacial score (nSPS) is 12.6. The van der Waals surface area contributed by atoms with E-state index in [4.69, 9.17) is 11.6 Å². The minimum Gasteiger partial charge on any atom is -0.386 e. The van der Waals surface area contributed by atoms with Gasteiger partial charge < -0.3 is 20.3 Å². The first kappa shape index (κ1) is 20.2. The number of aliphatic hydroxyl groups excluding tert-OH is 1. The van der Waals surface area contributed by atoms with Crippen LogP contribution in [-0.4, -0.2) is 40.3 Å². The van der Waals surface area contributed by atoms with E-state index >= 15 is 0 Å². The molecular weight excluding hydrogens is 449 g/mol. The fourth-order valence-electron chi connectivity index (χ4n) is 1.84. The topological polar surface area (TPSA) is 74.5 Å². The van der Waals surface area contributed by atoms with Gasteiger partial charge in [0.05, 0.1) is 17.2 Å². The van der Waals surface area contributed by atoms with Crippen LogP contribution in [0.2, 0.25) is 4.34 Å². The van der Waals surface area contributed by atoms with Gasteiger partial charge in [0.25, 0.3) is 0 Å². The van der Waals surface area contributed by atoms with Crippen molar-refractivity contribution in [1.82, 2.24) is 20.2 Å². The minimum absolute atomic E-state index is 0. The van der Waals surface area contributed by atoms with Crippen LogP contribution in [0.4, 0.5) is 0 Å². The van der Waals surface area contributed by atoms with E-state index in [0.29, 0.717) is 10.3 Å². The standard InChI is InChI=1S/C14H20ClN5OS.HI/c1-2-17-14(18-6-8-20-7-5-16-10-20)19-9-11(21)12-3-4-13(15)22-12;/h3-5,7,10-11,21H,2,6,8-9H2,1H3,(H2,17,18,19);1H. The van der Waals surface area contributed by atoms with Crippen LogP contribution in [0.1, 0.15) is 17.9 Å². The highest BCUT2D eigenvalue weighted by Crippen LogP contribution is 2.26. The Labute approximate surface area is 162 Å². The summed E-state index contributed by atoms with van der Waals surface area (Å²) >= 11 is 7.25. The molecule has 0 bridgehead atoms. The van der Waals surface area contributed by atoms with Crippen LogP contribution in [-0.2, 0) is 6.54 Å². The number of halogens is 2. The van der Waals surface area contributed by atoms with Crippen LogP contribution >= 0.6 is 46.9 Å². The van der Waals surface area contributed by atoms with Gasteiger partial charge in [-0.25, -0.2) is 4.98 Å². The summed E-state index contributed by atoms with van der Waals surface area (Å²) in [5.41, 5.74) is 0. The second kappa shape index (κ2) is 10.8. The minimum atomic E-state index is -0.637. The molecule has 9 heteroatoms. The van der Waals surface area contributed by atoms with Gasteiger partial charge >= 0.3 is 0 Å². The summed E-state index contributed by atoms with van der Waals surface area (Å²) in [6.07, 6.45) is 4.80. The van der Waals surface area contributed by atoms with E-state index < -0.39 is 6.10 Å². The number of nitrogens with zero attached hydrogens (tertiary/aromatic N) is 3. The van der Waals surface area contributed by atoms with E-state index in [-0.39, 0.29) is 30.5 Å². The van der Waals surface area contributed by atoms with Crippen LogP contribution in [0, 0.1) is 0 Å². The molecule has 2 aromatic rings. The SMILES string of the molecule is CCNC(=NCC(O)c1ccc(Cl)s1)NCCn1ccnc1.I. The molecule has 0 saturated carbocycles. The number of aliphatic hydroxyl groups is 1. The molecule has 0 aromatic carbocycles. The number of hydrogen-bond acceptors (Lipinski definition) is 4. The van der Waals surface area contributed by atoms with Crippen molar-refractivity contribution in [3.05, 3.63) is 40.1 Å².